The molecule has 0 heterocycles. The van der Waals surface area contributed by atoms with Gasteiger partial charge in [0, 0.05) is 6.42 Å². The van der Waals surface area contributed by atoms with Crippen molar-refractivity contribution in [3.8, 4) is 6.07 Å². The van der Waals surface area contributed by atoms with Crippen LogP contribution < -0.4 is 0 Å². The quantitative estimate of drug-likeness (QED) is 0.751. The Kier molecular flexibility index (Phi) is 4.05. The molecule has 0 saturated carbocycles. The Labute approximate surface area is 90.5 Å². The van der Waals surface area contributed by atoms with Gasteiger partial charge in [-0.05, 0) is 37.0 Å². The number of Topliss-reactive ketones (excluding diaryl/α,β-unsaturated/α-hetero) is 1. The van der Waals surface area contributed by atoms with Gasteiger partial charge in [-0.3, -0.25) is 0 Å². The minimum atomic E-state index is 0.233. The molecule has 0 spiro atoms. The van der Waals surface area contributed by atoms with Crippen molar-refractivity contribution < 1.29 is 4.79 Å². The second kappa shape index (κ2) is 5.31. The fraction of sp³-hybridized carbons (Fsp3) is 0.385. The van der Waals surface area contributed by atoms with E-state index < -0.39 is 0 Å². The summed E-state index contributed by atoms with van der Waals surface area (Å²) in [5, 5.41) is 8.63. The van der Waals surface area contributed by atoms with Crippen molar-refractivity contribution in [2.45, 2.75) is 26.7 Å². The average Bonchev–Trinajstić information content (AvgIpc) is 2.17. The lowest BCUT2D eigenvalue weighted by molar-refractivity contribution is -0.117. The third-order valence-corrected chi connectivity index (χ3v) is 2.30. The van der Waals surface area contributed by atoms with E-state index in [1.54, 1.807) is 6.92 Å². The third-order valence-electron chi connectivity index (χ3n) is 2.30. The van der Waals surface area contributed by atoms with E-state index in [1.165, 1.54) is 5.56 Å². The second-order valence-corrected chi connectivity index (χ2v) is 4.02. The van der Waals surface area contributed by atoms with Crippen molar-refractivity contribution in [2.75, 3.05) is 0 Å². The van der Waals surface area contributed by atoms with Gasteiger partial charge in [-0.1, -0.05) is 19.1 Å². The standard InChI is InChI=1S/C13H15NO/c1-10(7-11(2)15)8-12-3-5-13(9-14)6-4-12/h3-6,10H,7-8H2,1-2H3. The maximum absolute atomic E-state index is 10.9. The van der Waals surface area contributed by atoms with Gasteiger partial charge in [-0.2, -0.15) is 5.26 Å². The van der Waals surface area contributed by atoms with Gasteiger partial charge in [0.2, 0.25) is 0 Å². The number of ketones is 1. The van der Waals surface area contributed by atoms with Crippen molar-refractivity contribution >= 4 is 5.78 Å². The SMILES string of the molecule is CC(=O)CC(C)Cc1ccc(C#N)cc1. The Morgan fingerprint density at radius 1 is 1.40 bits per heavy atom. The molecule has 0 radical (unpaired) electrons. The lowest BCUT2D eigenvalue weighted by Crippen LogP contribution is -2.04. The van der Waals surface area contributed by atoms with Gasteiger partial charge < -0.3 is 4.79 Å². The van der Waals surface area contributed by atoms with Crippen LogP contribution >= 0.6 is 0 Å². The number of hydrogen-bond acceptors (Lipinski definition) is 2. The average molecular weight is 201 g/mol. The van der Waals surface area contributed by atoms with Crippen LogP contribution in [0.3, 0.4) is 0 Å². The Hall–Kier alpha value is -1.62. The Morgan fingerprint density at radius 2 is 2.00 bits per heavy atom. The van der Waals surface area contributed by atoms with Crippen LogP contribution in [0.25, 0.3) is 0 Å². The molecule has 1 unspecified atom stereocenters. The molecule has 0 amide bonds. The fourth-order valence-electron chi connectivity index (χ4n) is 1.68. The zero-order chi connectivity index (χ0) is 11.3. The van der Waals surface area contributed by atoms with Gasteiger partial charge in [0.25, 0.3) is 0 Å². The molecule has 2 heteroatoms. The van der Waals surface area contributed by atoms with Crippen molar-refractivity contribution in [1.29, 1.82) is 5.26 Å². The highest BCUT2D eigenvalue weighted by molar-refractivity contribution is 5.75. The van der Waals surface area contributed by atoms with Crippen LogP contribution in [0, 0.1) is 17.2 Å². The van der Waals surface area contributed by atoms with Gasteiger partial charge >= 0.3 is 0 Å². The first-order valence-corrected chi connectivity index (χ1v) is 5.10. The number of hydrogen-bond donors (Lipinski definition) is 0. The third kappa shape index (κ3) is 3.95. The summed E-state index contributed by atoms with van der Waals surface area (Å²) in [5.74, 6) is 0.603. The molecular formula is C13H15NO. The van der Waals surface area contributed by atoms with Gasteiger partial charge in [-0.15, -0.1) is 0 Å². The van der Waals surface area contributed by atoms with E-state index in [-0.39, 0.29) is 5.78 Å². The van der Waals surface area contributed by atoms with Crippen LogP contribution in [0.5, 0.6) is 0 Å². The first kappa shape index (κ1) is 11.5. The zero-order valence-electron chi connectivity index (χ0n) is 9.16. The highest BCUT2D eigenvalue weighted by Gasteiger charge is 2.06. The molecule has 2 nitrogen and oxygen atoms in total. The number of nitriles is 1. The van der Waals surface area contributed by atoms with Gasteiger partial charge in [0.05, 0.1) is 11.6 Å². The fourth-order valence-corrected chi connectivity index (χ4v) is 1.68. The van der Waals surface area contributed by atoms with Crippen LogP contribution in [0.2, 0.25) is 0 Å². The number of rotatable bonds is 4. The molecule has 1 aromatic carbocycles. The van der Waals surface area contributed by atoms with Crippen LogP contribution in [-0.4, -0.2) is 5.78 Å². The minimum Gasteiger partial charge on any atom is -0.300 e. The predicted molar refractivity (Wildman–Crippen MR) is 59.3 cm³/mol. The van der Waals surface area contributed by atoms with E-state index in [1.807, 2.05) is 24.3 Å². The molecule has 0 N–H and O–H groups in total. The summed E-state index contributed by atoms with van der Waals surface area (Å²) in [7, 11) is 0. The minimum absolute atomic E-state index is 0.233. The summed E-state index contributed by atoms with van der Waals surface area (Å²) in [6.45, 7) is 3.69. The molecule has 1 aromatic rings. The maximum atomic E-state index is 10.9. The molecule has 0 aromatic heterocycles. The van der Waals surface area contributed by atoms with Crippen LogP contribution in [0.15, 0.2) is 24.3 Å². The molecule has 0 bridgehead atoms. The Morgan fingerprint density at radius 3 is 2.47 bits per heavy atom. The zero-order valence-corrected chi connectivity index (χ0v) is 9.16. The summed E-state index contributed by atoms with van der Waals surface area (Å²) in [5.41, 5.74) is 1.86. The lowest BCUT2D eigenvalue weighted by Gasteiger charge is -2.08. The molecule has 78 valence electrons. The van der Waals surface area contributed by atoms with Gasteiger partial charge in [-0.25, -0.2) is 0 Å². The molecule has 0 fully saturated rings. The van der Waals surface area contributed by atoms with Crippen LogP contribution in [0.4, 0.5) is 0 Å². The largest absolute Gasteiger partial charge is 0.300 e. The second-order valence-electron chi connectivity index (χ2n) is 4.02. The highest BCUT2D eigenvalue weighted by Crippen LogP contribution is 2.12. The predicted octanol–water partition coefficient (Wildman–Crippen LogP) is 2.72. The molecule has 0 aliphatic heterocycles. The molecule has 1 atom stereocenters. The molecule has 0 saturated heterocycles. The summed E-state index contributed by atoms with van der Waals surface area (Å²) in [6, 6.07) is 9.62. The van der Waals surface area contributed by atoms with E-state index >= 15 is 0 Å². The van der Waals surface area contributed by atoms with Crippen molar-refractivity contribution in [3.63, 3.8) is 0 Å². The molecule has 0 aliphatic carbocycles. The van der Waals surface area contributed by atoms with Crippen LogP contribution in [-0.2, 0) is 11.2 Å². The number of nitrogens with zero attached hydrogens (tertiary/aromatic N) is 1. The van der Waals surface area contributed by atoms with E-state index in [0.29, 0.717) is 17.9 Å². The highest BCUT2D eigenvalue weighted by atomic mass is 16.1. The van der Waals surface area contributed by atoms with Crippen molar-refractivity contribution in [1.82, 2.24) is 0 Å². The van der Waals surface area contributed by atoms with Gasteiger partial charge in [0.1, 0.15) is 5.78 Å². The summed E-state index contributed by atoms with van der Waals surface area (Å²) >= 11 is 0. The molecule has 1 rings (SSSR count). The smallest absolute Gasteiger partial charge is 0.130 e. The number of carbonyl (C=O) groups is 1. The lowest BCUT2D eigenvalue weighted by atomic mass is 9.96. The first-order valence-electron chi connectivity index (χ1n) is 5.10. The van der Waals surface area contributed by atoms with Crippen molar-refractivity contribution in [3.05, 3.63) is 35.4 Å². The summed E-state index contributed by atoms with van der Waals surface area (Å²) in [6.07, 6.45) is 1.52. The maximum Gasteiger partial charge on any atom is 0.130 e. The van der Waals surface area contributed by atoms with E-state index in [9.17, 15) is 4.79 Å². The van der Waals surface area contributed by atoms with Crippen LogP contribution in [0.1, 0.15) is 31.4 Å². The van der Waals surface area contributed by atoms with E-state index in [0.717, 1.165) is 6.42 Å². The monoisotopic (exact) mass is 201 g/mol. The topological polar surface area (TPSA) is 40.9 Å². The normalized spacial score (nSPS) is 11.8. The Balaban J connectivity index is 2.58. The molecule has 0 aliphatic rings. The number of benzene rings is 1. The first-order chi connectivity index (χ1) is 7.11. The Bertz CT molecular complexity index is 373. The van der Waals surface area contributed by atoms with E-state index in [2.05, 4.69) is 13.0 Å². The van der Waals surface area contributed by atoms with Gasteiger partial charge in [0.15, 0.2) is 0 Å². The molecular weight excluding hydrogens is 186 g/mol. The van der Waals surface area contributed by atoms with Crippen molar-refractivity contribution in [2.24, 2.45) is 5.92 Å². The molecule has 15 heavy (non-hydrogen) atoms. The number of carbonyl (C=O) groups excluding carboxylic acids is 1. The summed E-state index contributed by atoms with van der Waals surface area (Å²) < 4.78 is 0. The van der Waals surface area contributed by atoms with E-state index in [4.69, 9.17) is 5.26 Å². The summed E-state index contributed by atoms with van der Waals surface area (Å²) in [4.78, 5) is 10.9.